The van der Waals surface area contributed by atoms with Crippen molar-refractivity contribution < 1.29 is 19.1 Å². The van der Waals surface area contributed by atoms with Crippen LogP contribution in [0.3, 0.4) is 0 Å². The van der Waals surface area contributed by atoms with Crippen LogP contribution in [0, 0.1) is 5.41 Å². The minimum Gasteiger partial charge on any atom is -0.491 e. The summed E-state index contributed by atoms with van der Waals surface area (Å²) in [4.78, 5) is 40.9. The summed E-state index contributed by atoms with van der Waals surface area (Å²) in [6.45, 7) is 15.2. The molecule has 2 amide bonds. The fourth-order valence-corrected chi connectivity index (χ4v) is 5.52. The number of hydrogen-bond acceptors (Lipinski definition) is 12. The van der Waals surface area contributed by atoms with E-state index in [1.807, 2.05) is 72.7 Å². The molecule has 340 valence electrons. The third-order valence-electron chi connectivity index (χ3n) is 8.49. The highest BCUT2D eigenvalue weighted by atomic mass is 16.5. The van der Waals surface area contributed by atoms with E-state index < -0.39 is 11.8 Å². The first-order valence-corrected chi connectivity index (χ1v) is 19.5. The molecule has 0 aromatic heterocycles. The quantitative estimate of drug-likeness (QED) is 0.0370. The Labute approximate surface area is 362 Å². The highest BCUT2D eigenvalue weighted by Crippen LogP contribution is 2.39. The molecule has 22 nitrogen and oxygen atoms in total. The number of carbonyl (C=O) groups is 2. The van der Waals surface area contributed by atoms with Crippen LogP contribution in [-0.2, 0) is 10.8 Å². The van der Waals surface area contributed by atoms with Crippen molar-refractivity contribution >= 4 is 69.8 Å². The number of nitrogen functional groups attached to an aromatic ring is 2. The third-order valence-corrected chi connectivity index (χ3v) is 8.49. The molecule has 22 heteroatoms. The number of amides is 2. The van der Waals surface area contributed by atoms with E-state index in [9.17, 15) is 9.59 Å². The number of hydrogen-bond donors (Lipinski definition) is 15. The van der Waals surface area contributed by atoms with Gasteiger partial charge in [0.25, 0.3) is 11.8 Å². The number of nitrogens with one attached hydrogen (secondary N) is 5. The number of ether oxygens (including phenoxy) is 2. The minimum absolute atomic E-state index is 0.00727. The van der Waals surface area contributed by atoms with Crippen LogP contribution >= 0.6 is 0 Å². The molecule has 0 unspecified atom stereocenters. The first-order chi connectivity index (χ1) is 28.8. The molecule has 62 heavy (non-hydrogen) atoms. The highest BCUT2D eigenvalue weighted by Gasteiger charge is 2.26. The van der Waals surface area contributed by atoms with Crippen molar-refractivity contribution in [2.75, 3.05) is 78.7 Å². The van der Waals surface area contributed by atoms with E-state index >= 15 is 0 Å². The number of nitrogens with two attached hydrogens (primary N) is 10. The summed E-state index contributed by atoms with van der Waals surface area (Å²) in [5, 5.41) is 18.5. The molecule has 0 bridgehead atoms. The van der Waals surface area contributed by atoms with Crippen LogP contribution in [0.25, 0.3) is 0 Å². The summed E-state index contributed by atoms with van der Waals surface area (Å²) >= 11 is 0. The van der Waals surface area contributed by atoms with Crippen LogP contribution < -0.4 is 88.1 Å². The van der Waals surface area contributed by atoms with Crippen LogP contribution in [0.5, 0.6) is 11.5 Å². The van der Waals surface area contributed by atoms with Gasteiger partial charge in [-0.3, -0.25) is 30.0 Å². The summed E-state index contributed by atoms with van der Waals surface area (Å²) in [6.07, 6.45) is 0. The van der Waals surface area contributed by atoms with Gasteiger partial charge in [0.2, 0.25) is 0 Å². The van der Waals surface area contributed by atoms with Crippen molar-refractivity contribution in [2.45, 2.75) is 59.3 Å². The van der Waals surface area contributed by atoms with Gasteiger partial charge in [-0.1, -0.05) is 41.5 Å². The van der Waals surface area contributed by atoms with Gasteiger partial charge in [-0.25, -0.2) is 0 Å². The van der Waals surface area contributed by atoms with Gasteiger partial charge in [-0.15, -0.1) is 0 Å². The zero-order valence-corrected chi connectivity index (χ0v) is 36.7. The van der Waals surface area contributed by atoms with Crippen LogP contribution in [0.15, 0.2) is 51.4 Å². The molecule has 0 radical (unpaired) electrons. The summed E-state index contributed by atoms with van der Waals surface area (Å²) < 4.78 is 12.1. The summed E-state index contributed by atoms with van der Waals surface area (Å²) in [6, 6.07) is 10.2. The maximum absolute atomic E-state index is 14.5. The van der Waals surface area contributed by atoms with Crippen LogP contribution in [0.2, 0.25) is 0 Å². The third kappa shape index (κ3) is 16.3. The van der Waals surface area contributed by atoms with Crippen LogP contribution in [0.1, 0.15) is 80.3 Å². The summed E-state index contributed by atoms with van der Waals surface area (Å²) in [7, 11) is 0. The molecule has 0 aliphatic rings. The monoisotopic (exact) mass is 863 g/mol. The lowest BCUT2D eigenvalue weighted by Crippen LogP contribution is -2.24. The first kappa shape index (κ1) is 50.6. The second-order valence-corrected chi connectivity index (χ2v) is 15.8. The average Bonchev–Trinajstić information content (AvgIpc) is 3.14. The van der Waals surface area contributed by atoms with Gasteiger partial charge < -0.3 is 88.1 Å². The van der Waals surface area contributed by atoms with Crippen molar-refractivity contribution in [3.63, 3.8) is 0 Å². The number of anilines is 6. The number of guanidine groups is 4. The van der Waals surface area contributed by atoms with Crippen molar-refractivity contribution in [3.8, 4) is 11.5 Å². The first-order valence-electron chi connectivity index (χ1n) is 19.5. The zero-order valence-electron chi connectivity index (χ0n) is 36.7. The lowest BCUT2D eigenvalue weighted by Gasteiger charge is -2.24. The molecule has 0 spiro atoms. The zero-order chi connectivity index (χ0) is 46.9. The molecule has 0 aliphatic heterocycles. The highest BCUT2D eigenvalue weighted by molar-refractivity contribution is 6.13. The van der Waals surface area contributed by atoms with Gasteiger partial charge in [0.1, 0.15) is 24.7 Å². The lowest BCUT2D eigenvalue weighted by molar-refractivity contribution is 0.102. The molecular formula is C40H66N18O4. The average molecular weight is 863 g/mol. The number of carbonyl (C=O) groups excluding carboxylic acids is 2. The Morgan fingerprint density at radius 3 is 1.32 bits per heavy atom. The Kier molecular flexibility index (Phi) is 18.6. The molecule has 0 saturated carbocycles. The Morgan fingerprint density at radius 1 is 0.597 bits per heavy atom. The molecule has 3 aromatic carbocycles. The van der Waals surface area contributed by atoms with Gasteiger partial charge in [-0.05, 0) is 59.2 Å². The van der Waals surface area contributed by atoms with E-state index in [1.165, 1.54) is 12.1 Å². The van der Waals surface area contributed by atoms with Crippen LogP contribution in [0.4, 0.5) is 34.1 Å². The lowest BCUT2D eigenvalue weighted by atomic mass is 9.86. The SMILES string of the molecule is CCNc1c(N)cc(C(C)(C)C)cc1NC(=O)c1cc(C(=O)Nc2cc(C(C)(C)C)cc(N)c2NCCN=C(N)N)c(OCCN=C(N)N)cc1OCCN=C(N)N.N=C(N)N. The predicted octanol–water partition coefficient (Wildman–Crippen LogP) is 1.21. The molecule has 3 rings (SSSR count). The van der Waals surface area contributed by atoms with Gasteiger partial charge in [0.15, 0.2) is 23.8 Å². The Morgan fingerprint density at radius 2 is 0.968 bits per heavy atom. The Hall–Kier alpha value is -7.52. The largest absolute Gasteiger partial charge is 0.491 e. The number of rotatable bonds is 18. The molecule has 0 saturated heterocycles. The van der Waals surface area contributed by atoms with E-state index in [-0.39, 0.29) is 90.1 Å². The van der Waals surface area contributed by atoms with Crippen molar-refractivity contribution in [2.24, 2.45) is 60.8 Å². The molecular weight excluding hydrogens is 797 g/mol. The minimum atomic E-state index is -0.636. The topological polar surface area (TPSA) is 422 Å². The smallest absolute Gasteiger partial charge is 0.259 e. The molecule has 0 fully saturated rings. The summed E-state index contributed by atoms with van der Waals surface area (Å²) in [5.74, 6) is -1.78. The van der Waals surface area contributed by atoms with E-state index in [2.05, 4.69) is 47.7 Å². The van der Waals surface area contributed by atoms with E-state index in [1.54, 1.807) is 0 Å². The van der Waals surface area contributed by atoms with Gasteiger partial charge in [0.05, 0.1) is 64.9 Å². The van der Waals surface area contributed by atoms with Crippen molar-refractivity contribution in [1.82, 2.24) is 0 Å². The molecule has 3 aromatic rings. The standard InChI is InChI=1S/C39H61N15O4.CH5N3/c1-8-48-31-25(40)15-21(38(2,3)4)17-27(31)53-33(55)23-19-24(30(58-14-12-52-37(46)47)20-29(23)57-13-11-51-36(44)45)34(56)54-28-18-22(39(5,6)7)16-26(41)32(28)49-9-10-50-35(42)43;2-1(3)4/h15-20,48-49H,8-14,40-41H2,1-7H3,(H,53,55)(H,54,56)(H4,42,43,50)(H4,44,45,51)(H4,46,47,52);(H5,2,3,4). The van der Waals surface area contributed by atoms with E-state index in [4.69, 9.17) is 60.8 Å². The normalized spacial score (nSPS) is 10.8. The van der Waals surface area contributed by atoms with Gasteiger partial charge in [-0.2, -0.15) is 0 Å². The van der Waals surface area contributed by atoms with E-state index in [0.29, 0.717) is 47.2 Å². The predicted molar refractivity (Wildman–Crippen MR) is 253 cm³/mol. The maximum atomic E-state index is 14.5. The van der Waals surface area contributed by atoms with Gasteiger partial charge >= 0.3 is 0 Å². The molecule has 0 aliphatic carbocycles. The second-order valence-electron chi connectivity index (χ2n) is 15.8. The fraction of sp³-hybridized carbons (Fsp3) is 0.400. The summed E-state index contributed by atoms with van der Waals surface area (Å²) in [5.41, 5.74) is 58.8. The number of benzene rings is 3. The molecule has 0 heterocycles. The molecule has 0 atom stereocenters. The van der Waals surface area contributed by atoms with Gasteiger partial charge in [0, 0.05) is 19.2 Å². The second kappa shape index (κ2) is 22.7. The Bertz CT molecular complexity index is 2120. The van der Waals surface area contributed by atoms with Crippen molar-refractivity contribution in [3.05, 3.63) is 58.7 Å². The van der Waals surface area contributed by atoms with Crippen LogP contribution in [-0.4, -0.2) is 81.6 Å². The number of nitrogens with zero attached hydrogens (tertiary/aromatic N) is 3. The Balaban J connectivity index is 0.00000316. The molecule has 25 N–H and O–H groups in total. The number of aliphatic imine (C=N–C) groups is 3. The van der Waals surface area contributed by atoms with E-state index in [0.717, 1.165) is 11.1 Å². The van der Waals surface area contributed by atoms with Crippen molar-refractivity contribution in [1.29, 1.82) is 5.41 Å². The fourth-order valence-electron chi connectivity index (χ4n) is 5.52. The maximum Gasteiger partial charge on any atom is 0.259 e.